The summed E-state index contributed by atoms with van der Waals surface area (Å²) in [6.07, 6.45) is 1.39. The summed E-state index contributed by atoms with van der Waals surface area (Å²) >= 11 is 0. The van der Waals surface area contributed by atoms with Crippen molar-refractivity contribution in [3.8, 4) is 5.75 Å². The Morgan fingerprint density at radius 3 is 2.51 bits per heavy atom. The summed E-state index contributed by atoms with van der Waals surface area (Å²) in [5.74, 6) is -1.07. The maximum Gasteiger partial charge on any atom is 0.254 e. The van der Waals surface area contributed by atoms with Crippen molar-refractivity contribution in [1.82, 2.24) is 15.2 Å². The number of nitrogens with zero attached hydrogens (tertiary/aromatic N) is 2. The molecule has 0 unspecified atom stereocenters. The number of carbonyl (C=O) groups excluding carboxylic acids is 2. The predicted molar refractivity (Wildman–Crippen MR) is 150 cm³/mol. The monoisotopic (exact) mass is 532 g/mol. The van der Waals surface area contributed by atoms with Crippen LogP contribution >= 0.6 is 0 Å². The number of amides is 2. The summed E-state index contributed by atoms with van der Waals surface area (Å²) in [6, 6.07) is 18.3. The second-order valence-corrected chi connectivity index (χ2v) is 9.26. The van der Waals surface area contributed by atoms with E-state index in [1.807, 2.05) is 68.5 Å². The topological polar surface area (TPSA) is 124 Å². The van der Waals surface area contributed by atoms with Crippen molar-refractivity contribution in [2.75, 3.05) is 12.4 Å². The van der Waals surface area contributed by atoms with E-state index in [1.165, 1.54) is 11.9 Å². The fourth-order valence-electron chi connectivity index (χ4n) is 3.83. The van der Waals surface area contributed by atoms with Gasteiger partial charge in [-0.3, -0.25) is 14.6 Å². The fourth-order valence-corrected chi connectivity index (χ4v) is 3.83. The Morgan fingerprint density at radius 1 is 1.08 bits per heavy atom. The fraction of sp³-hybridized carbons (Fsp3) is 0.300. The number of aryl methyl sites for hydroxylation is 1. The van der Waals surface area contributed by atoms with Gasteiger partial charge in [0.2, 0.25) is 0 Å². The van der Waals surface area contributed by atoms with Crippen LogP contribution in [0.5, 0.6) is 5.75 Å². The molecule has 2 amide bonds. The maximum absolute atomic E-state index is 12.8. The Balaban J connectivity index is 1.66. The van der Waals surface area contributed by atoms with Gasteiger partial charge in [0.25, 0.3) is 11.8 Å². The summed E-state index contributed by atoms with van der Waals surface area (Å²) in [4.78, 5) is 30.9. The van der Waals surface area contributed by atoms with Gasteiger partial charge in [-0.15, -0.1) is 0 Å². The highest BCUT2D eigenvalue weighted by Crippen LogP contribution is 2.29. The number of likely N-dealkylation sites (N-methyl/N-ethyl adjacent to an activating group) is 1. The summed E-state index contributed by atoms with van der Waals surface area (Å²) < 4.78 is 6.06. The molecule has 39 heavy (non-hydrogen) atoms. The van der Waals surface area contributed by atoms with Crippen LogP contribution in [0.15, 0.2) is 79.1 Å². The van der Waals surface area contributed by atoms with Gasteiger partial charge >= 0.3 is 0 Å². The number of nitrogens with one attached hydrogen (secondary N) is 2. The largest absolute Gasteiger partial charge is 0.487 e. The van der Waals surface area contributed by atoms with Gasteiger partial charge in [-0.2, -0.15) is 0 Å². The molecule has 0 aliphatic rings. The molecule has 0 radical (unpaired) electrons. The van der Waals surface area contributed by atoms with Gasteiger partial charge in [0.1, 0.15) is 12.4 Å². The van der Waals surface area contributed by atoms with Crippen LogP contribution in [0.1, 0.15) is 42.3 Å². The number of pyridine rings is 1. The van der Waals surface area contributed by atoms with E-state index < -0.39 is 30.1 Å². The standard InChI is InChI=1S/C30H36N4O5/c1-5-15-31-24-14-13-23(17-26(24)39-19-22-11-7-6-8-12-22)21(3)33-29(37)27(35)28(36)30(38)34(4)18-25-20(2)10-9-16-32-25/h5-17,21,27-28,31,35-36H,18-19H2,1-4H3,(H,33,37)/b15-5-/t21-,27-,28-/m1/s1. The molecule has 0 bridgehead atoms. The average molecular weight is 533 g/mol. The SMILES string of the molecule is C/C=C\Nc1ccc([C@@H](C)NC(=O)[C@H](O)[C@@H](O)C(=O)N(C)Cc2ncccc2C)cc1OCc1ccccc1. The third kappa shape index (κ3) is 8.13. The zero-order valence-corrected chi connectivity index (χ0v) is 22.7. The van der Waals surface area contributed by atoms with Crippen molar-refractivity contribution < 1.29 is 24.5 Å². The van der Waals surface area contributed by atoms with E-state index in [4.69, 9.17) is 4.74 Å². The zero-order valence-electron chi connectivity index (χ0n) is 22.7. The van der Waals surface area contributed by atoms with Gasteiger partial charge in [0.05, 0.1) is 24.0 Å². The van der Waals surface area contributed by atoms with E-state index >= 15 is 0 Å². The van der Waals surface area contributed by atoms with Crippen molar-refractivity contribution in [3.63, 3.8) is 0 Å². The number of aliphatic hydroxyl groups excluding tert-OH is 2. The number of rotatable bonds is 12. The van der Waals surface area contributed by atoms with Gasteiger partial charge in [-0.25, -0.2) is 0 Å². The smallest absolute Gasteiger partial charge is 0.254 e. The molecule has 0 saturated heterocycles. The van der Waals surface area contributed by atoms with E-state index in [9.17, 15) is 19.8 Å². The van der Waals surface area contributed by atoms with E-state index in [0.717, 1.165) is 16.8 Å². The minimum Gasteiger partial charge on any atom is -0.487 e. The Kier molecular flexibility index (Phi) is 10.6. The van der Waals surface area contributed by atoms with Crippen LogP contribution in [0.25, 0.3) is 0 Å². The number of hydrogen-bond acceptors (Lipinski definition) is 7. The van der Waals surface area contributed by atoms with Crippen molar-refractivity contribution in [2.24, 2.45) is 0 Å². The van der Waals surface area contributed by atoms with E-state index in [-0.39, 0.29) is 6.54 Å². The lowest BCUT2D eigenvalue weighted by Gasteiger charge is -2.25. The zero-order chi connectivity index (χ0) is 28.4. The number of aromatic nitrogens is 1. The highest BCUT2D eigenvalue weighted by Gasteiger charge is 2.33. The molecule has 4 N–H and O–H groups in total. The molecule has 0 spiro atoms. The number of benzene rings is 2. The summed E-state index contributed by atoms with van der Waals surface area (Å²) in [7, 11) is 1.48. The van der Waals surface area contributed by atoms with Crippen molar-refractivity contribution in [3.05, 3.63) is 102 Å². The molecule has 1 heterocycles. The molecular weight excluding hydrogens is 496 g/mol. The number of ether oxygens (including phenoxy) is 1. The lowest BCUT2D eigenvalue weighted by Crippen LogP contribution is -2.50. The summed E-state index contributed by atoms with van der Waals surface area (Å²) in [5.41, 5.74) is 4.02. The van der Waals surface area contributed by atoms with Gasteiger partial charge < -0.3 is 30.5 Å². The Labute approximate surface area is 229 Å². The molecule has 9 nitrogen and oxygen atoms in total. The van der Waals surface area contributed by atoms with Gasteiger partial charge in [-0.1, -0.05) is 48.5 Å². The summed E-state index contributed by atoms with van der Waals surface area (Å²) in [6.45, 7) is 5.98. The van der Waals surface area contributed by atoms with Crippen LogP contribution in [-0.2, 0) is 22.7 Å². The second-order valence-electron chi connectivity index (χ2n) is 9.26. The van der Waals surface area contributed by atoms with Crippen LogP contribution < -0.4 is 15.4 Å². The first-order valence-electron chi connectivity index (χ1n) is 12.7. The number of carbonyl (C=O) groups is 2. The molecule has 0 aliphatic carbocycles. The van der Waals surface area contributed by atoms with Crippen LogP contribution in [0.3, 0.4) is 0 Å². The molecule has 1 aromatic heterocycles. The van der Waals surface area contributed by atoms with Crippen LogP contribution in [0.2, 0.25) is 0 Å². The van der Waals surface area contributed by atoms with Gasteiger partial charge in [-0.05, 0) is 61.9 Å². The first-order valence-corrected chi connectivity index (χ1v) is 12.7. The number of allylic oxidation sites excluding steroid dienone is 1. The Bertz CT molecular complexity index is 1280. The van der Waals surface area contributed by atoms with E-state index in [1.54, 1.807) is 31.5 Å². The number of hydrogen-bond donors (Lipinski definition) is 4. The first kappa shape index (κ1) is 29.3. The highest BCUT2D eigenvalue weighted by atomic mass is 16.5. The Hall–Kier alpha value is -4.21. The van der Waals surface area contributed by atoms with Crippen LogP contribution in [0, 0.1) is 6.92 Å². The van der Waals surface area contributed by atoms with E-state index in [2.05, 4.69) is 15.6 Å². The number of anilines is 1. The molecule has 3 atom stereocenters. The molecule has 0 saturated carbocycles. The van der Waals surface area contributed by atoms with Crippen molar-refractivity contribution in [1.29, 1.82) is 0 Å². The molecule has 206 valence electrons. The second kappa shape index (κ2) is 14.1. The van der Waals surface area contributed by atoms with Gasteiger partial charge in [0.15, 0.2) is 12.2 Å². The minimum atomic E-state index is -1.95. The van der Waals surface area contributed by atoms with E-state index in [0.29, 0.717) is 23.6 Å². The summed E-state index contributed by atoms with van der Waals surface area (Å²) in [5, 5.41) is 26.7. The Morgan fingerprint density at radius 2 is 1.82 bits per heavy atom. The number of aliphatic hydroxyl groups is 2. The minimum absolute atomic E-state index is 0.132. The quantitative estimate of drug-likeness (QED) is 0.282. The molecule has 3 rings (SSSR count). The van der Waals surface area contributed by atoms with Crippen LogP contribution in [-0.4, -0.2) is 51.2 Å². The lowest BCUT2D eigenvalue weighted by molar-refractivity contribution is -0.152. The normalized spacial score (nSPS) is 13.4. The maximum atomic E-state index is 12.8. The van der Waals surface area contributed by atoms with Gasteiger partial charge in [0, 0.05) is 13.2 Å². The molecule has 0 aliphatic heterocycles. The molecule has 9 heteroatoms. The third-order valence-electron chi connectivity index (χ3n) is 6.21. The molecule has 0 fully saturated rings. The molecule has 2 aromatic carbocycles. The highest BCUT2D eigenvalue weighted by molar-refractivity contribution is 5.90. The predicted octanol–water partition coefficient (Wildman–Crippen LogP) is 3.47. The lowest BCUT2D eigenvalue weighted by atomic mass is 10.1. The average Bonchev–Trinajstić information content (AvgIpc) is 2.95. The van der Waals surface area contributed by atoms with Crippen LogP contribution in [0.4, 0.5) is 5.69 Å². The first-order chi connectivity index (χ1) is 18.7. The molecule has 3 aromatic rings. The van der Waals surface area contributed by atoms with Crippen molar-refractivity contribution >= 4 is 17.5 Å². The van der Waals surface area contributed by atoms with Crippen molar-refractivity contribution in [2.45, 2.75) is 52.2 Å². The third-order valence-corrected chi connectivity index (χ3v) is 6.21. The molecular formula is C30H36N4O5.